The first kappa shape index (κ1) is 22.8. The molecule has 3 aromatic rings. The van der Waals surface area contributed by atoms with E-state index in [2.05, 4.69) is 5.32 Å². The van der Waals surface area contributed by atoms with Crippen LogP contribution < -0.4 is 10.1 Å². The molecule has 0 radical (unpaired) electrons. The molecule has 0 spiro atoms. The molecule has 7 nitrogen and oxygen atoms in total. The first-order chi connectivity index (χ1) is 15.8. The van der Waals surface area contributed by atoms with Crippen LogP contribution in [0.3, 0.4) is 0 Å². The fourth-order valence-electron chi connectivity index (χ4n) is 3.73. The number of benzene rings is 3. The molecule has 0 unspecified atom stereocenters. The minimum Gasteiger partial charge on any atom is -0.495 e. The van der Waals surface area contributed by atoms with Crippen molar-refractivity contribution in [1.82, 2.24) is 4.31 Å². The van der Waals surface area contributed by atoms with Gasteiger partial charge in [-0.1, -0.05) is 41.9 Å². The van der Waals surface area contributed by atoms with Crippen molar-refractivity contribution in [2.45, 2.75) is 17.2 Å². The number of halogens is 1. The third-order valence-corrected chi connectivity index (χ3v) is 7.51. The lowest BCUT2D eigenvalue weighted by Crippen LogP contribution is -2.32. The Hall–Kier alpha value is -3.36. The molecule has 0 aliphatic carbocycles. The van der Waals surface area contributed by atoms with Gasteiger partial charge in [-0.15, -0.1) is 0 Å². The van der Waals surface area contributed by atoms with E-state index in [0.29, 0.717) is 10.7 Å². The van der Waals surface area contributed by atoms with Gasteiger partial charge in [0.2, 0.25) is 5.91 Å². The van der Waals surface area contributed by atoms with E-state index in [4.69, 9.17) is 16.3 Å². The number of carbonyl (C=O) groups is 2. The van der Waals surface area contributed by atoms with E-state index in [1.807, 2.05) is 30.3 Å². The SMILES string of the molecule is COc1ccc(C(=O)Nc2ccc(Cl)cc2)cc1S(=O)(=O)N1C[C@H](c2ccccc2)CC1=O. The highest BCUT2D eigenvalue weighted by Crippen LogP contribution is 2.35. The lowest BCUT2D eigenvalue weighted by Gasteiger charge is -2.19. The third kappa shape index (κ3) is 4.72. The number of hydrogen-bond donors (Lipinski definition) is 1. The van der Waals surface area contributed by atoms with Gasteiger partial charge >= 0.3 is 0 Å². The number of methoxy groups -OCH3 is 1. The van der Waals surface area contributed by atoms with Crippen LogP contribution in [0, 0.1) is 0 Å². The maximum Gasteiger partial charge on any atom is 0.270 e. The number of sulfonamides is 1. The molecule has 1 N–H and O–H groups in total. The van der Waals surface area contributed by atoms with Gasteiger partial charge in [0.1, 0.15) is 10.6 Å². The Kier molecular flexibility index (Phi) is 6.40. The van der Waals surface area contributed by atoms with Gasteiger partial charge in [-0.25, -0.2) is 12.7 Å². The van der Waals surface area contributed by atoms with Gasteiger partial charge < -0.3 is 10.1 Å². The van der Waals surface area contributed by atoms with Crippen LogP contribution >= 0.6 is 11.6 Å². The van der Waals surface area contributed by atoms with Crippen LogP contribution in [-0.2, 0) is 14.8 Å². The van der Waals surface area contributed by atoms with E-state index < -0.39 is 21.8 Å². The summed E-state index contributed by atoms with van der Waals surface area (Å²) in [6, 6.07) is 19.9. The van der Waals surface area contributed by atoms with Crippen molar-refractivity contribution in [3.8, 4) is 5.75 Å². The number of anilines is 1. The van der Waals surface area contributed by atoms with E-state index in [-0.39, 0.29) is 35.1 Å². The Morgan fingerprint density at radius 2 is 1.76 bits per heavy atom. The van der Waals surface area contributed by atoms with Crippen LogP contribution in [0.5, 0.6) is 5.75 Å². The standard InChI is InChI=1S/C24H21ClN2O5S/c1-32-21-12-7-17(24(29)26-20-10-8-19(25)9-11-20)13-22(21)33(30,31)27-15-18(14-23(27)28)16-5-3-2-4-6-16/h2-13,18H,14-15H2,1H3,(H,26,29)/t18-/m1/s1. The Labute approximate surface area is 197 Å². The van der Waals surface area contributed by atoms with Crippen molar-refractivity contribution in [3.63, 3.8) is 0 Å². The molecule has 1 fully saturated rings. The van der Waals surface area contributed by atoms with Crippen LogP contribution in [0.15, 0.2) is 77.7 Å². The summed E-state index contributed by atoms with van der Waals surface area (Å²) < 4.78 is 33.0. The summed E-state index contributed by atoms with van der Waals surface area (Å²) in [5.41, 5.74) is 1.51. The highest BCUT2D eigenvalue weighted by molar-refractivity contribution is 7.89. The molecule has 1 heterocycles. The number of rotatable bonds is 6. The molecular weight excluding hydrogens is 464 g/mol. The molecule has 2 amide bonds. The predicted molar refractivity (Wildman–Crippen MR) is 125 cm³/mol. The highest BCUT2D eigenvalue weighted by atomic mass is 35.5. The summed E-state index contributed by atoms with van der Waals surface area (Å²) in [5, 5.41) is 3.22. The number of ether oxygens (including phenoxy) is 1. The van der Waals surface area contributed by atoms with Crippen LogP contribution in [0.1, 0.15) is 28.3 Å². The second-order valence-electron chi connectivity index (χ2n) is 7.57. The lowest BCUT2D eigenvalue weighted by molar-refractivity contribution is -0.123. The van der Waals surface area contributed by atoms with E-state index in [9.17, 15) is 18.0 Å². The quantitative estimate of drug-likeness (QED) is 0.563. The first-order valence-corrected chi connectivity index (χ1v) is 12.0. The van der Waals surface area contributed by atoms with Crippen molar-refractivity contribution in [2.24, 2.45) is 0 Å². The van der Waals surface area contributed by atoms with Gasteiger partial charge in [0.15, 0.2) is 0 Å². The Morgan fingerprint density at radius 3 is 2.42 bits per heavy atom. The number of carbonyl (C=O) groups excluding carboxylic acids is 2. The normalized spacial score (nSPS) is 16.0. The van der Waals surface area contributed by atoms with Crippen molar-refractivity contribution < 1.29 is 22.7 Å². The Morgan fingerprint density at radius 1 is 1.06 bits per heavy atom. The molecule has 0 saturated carbocycles. The zero-order chi connectivity index (χ0) is 23.6. The van der Waals surface area contributed by atoms with Gasteiger partial charge in [-0.2, -0.15) is 0 Å². The average molecular weight is 485 g/mol. The molecule has 3 aromatic carbocycles. The maximum atomic E-state index is 13.5. The lowest BCUT2D eigenvalue weighted by atomic mass is 9.99. The minimum absolute atomic E-state index is 0.0233. The molecule has 1 saturated heterocycles. The predicted octanol–water partition coefficient (Wildman–Crippen LogP) is 4.31. The van der Waals surface area contributed by atoms with Crippen molar-refractivity contribution in [1.29, 1.82) is 0 Å². The average Bonchev–Trinajstić information content (AvgIpc) is 3.23. The smallest absolute Gasteiger partial charge is 0.270 e. The van der Waals surface area contributed by atoms with Crippen LogP contribution in [0.2, 0.25) is 5.02 Å². The highest BCUT2D eigenvalue weighted by Gasteiger charge is 2.40. The van der Waals surface area contributed by atoms with E-state index in [0.717, 1.165) is 9.87 Å². The van der Waals surface area contributed by atoms with E-state index in [1.54, 1.807) is 24.3 Å². The largest absolute Gasteiger partial charge is 0.495 e. The molecule has 1 atom stereocenters. The summed E-state index contributed by atoms with van der Waals surface area (Å²) in [4.78, 5) is 25.2. The van der Waals surface area contributed by atoms with Crippen molar-refractivity contribution >= 4 is 39.1 Å². The number of amides is 2. The molecule has 0 bridgehead atoms. The Bertz CT molecular complexity index is 1290. The summed E-state index contributed by atoms with van der Waals surface area (Å²) in [6.07, 6.45) is 0.0856. The summed E-state index contributed by atoms with van der Waals surface area (Å²) in [6.45, 7) is 0.0233. The summed E-state index contributed by atoms with van der Waals surface area (Å²) in [5.74, 6) is -1.20. The molecule has 1 aliphatic heterocycles. The molecule has 9 heteroatoms. The van der Waals surface area contributed by atoms with Gasteiger partial charge in [0.25, 0.3) is 15.9 Å². The van der Waals surface area contributed by atoms with Crippen LogP contribution in [-0.4, -0.2) is 38.2 Å². The zero-order valence-electron chi connectivity index (χ0n) is 17.7. The van der Waals surface area contributed by atoms with E-state index in [1.165, 1.54) is 25.3 Å². The molecule has 170 valence electrons. The second-order valence-corrected chi connectivity index (χ2v) is 9.84. The van der Waals surface area contributed by atoms with Crippen LogP contribution in [0.25, 0.3) is 0 Å². The molecule has 0 aromatic heterocycles. The zero-order valence-corrected chi connectivity index (χ0v) is 19.3. The minimum atomic E-state index is -4.24. The summed E-state index contributed by atoms with van der Waals surface area (Å²) in [7, 11) is -2.91. The second kappa shape index (κ2) is 9.25. The molecule has 33 heavy (non-hydrogen) atoms. The van der Waals surface area contributed by atoms with Crippen molar-refractivity contribution in [3.05, 3.63) is 88.9 Å². The topological polar surface area (TPSA) is 92.8 Å². The number of hydrogen-bond acceptors (Lipinski definition) is 5. The molecule has 4 rings (SSSR count). The van der Waals surface area contributed by atoms with Gasteiger partial charge in [0.05, 0.1) is 7.11 Å². The summed E-state index contributed by atoms with van der Waals surface area (Å²) >= 11 is 5.87. The number of nitrogens with zero attached hydrogens (tertiary/aromatic N) is 1. The Balaban J connectivity index is 1.63. The molecular formula is C24H21ClN2O5S. The van der Waals surface area contributed by atoms with Gasteiger partial charge in [-0.05, 0) is 48.0 Å². The van der Waals surface area contributed by atoms with Gasteiger partial charge in [0, 0.05) is 35.2 Å². The fourth-order valence-corrected chi connectivity index (χ4v) is 5.50. The third-order valence-electron chi connectivity index (χ3n) is 5.45. The van der Waals surface area contributed by atoms with Crippen LogP contribution in [0.4, 0.5) is 5.69 Å². The maximum absolute atomic E-state index is 13.5. The van der Waals surface area contributed by atoms with E-state index >= 15 is 0 Å². The van der Waals surface area contributed by atoms with Gasteiger partial charge in [-0.3, -0.25) is 9.59 Å². The van der Waals surface area contributed by atoms with Crippen molar-refractivity contribution in [2.75, 3.05) is 19.0 Å². The first-order valence-electron chi connectivity index (χ1n) is 10.1. The fraction of sp³-hybridized carbons (Fsp3) is 0.167. The number of nitrogens with one attached hydrogen (secondary N) is 1. The molecule has 1 aliphatic rings. The monoisotopic (exact) mass is 484 g/mol.